The van der Waals surface area contributed by atoms with Gasteiger partial charge >= 0.3 is 0 Å². The SMILES string of the molecule is NCCCS(=O)(=O)O[SH](=O)(CCCN)C1CCC1. The fourth-order valence-electron chi connectivity index (χ4n) is 1.86. The molecule has 0 spiro atoms. The third-order valence-electron chi connectivity index (χ3n) is 3.14. The van der Waals surface area contributed by atoms with E-state index in [-0.39, 0.29) is 23.3 Å². The first kappa shape index (κ1) is 16.0. The van der Waals surface area contributed by atoms with Gasteiger partial charge in [-0.1, -0.05) is 0 Å². The summed E-state index contributed by atoms with van der Waals surface area (Å²) in [7, 11) is -6.85. The molecule has 0 aromatic rings. The summed E-state index contributed by atoms with van der Waals surface area (Å²) in [6, 6.07) is 0. The lowest BCUT2D eigenvalue weighted by Gasteiger charge is -2.40. The largest absolute Gasteiger partial charge is 0.330 e. The van der Waals surface area contributed by atoms with E-state index in [0.717, 1.165) is 19.3 Å². The van der Waals surface area contributed by atoms with Gasteiger partial charge in [0.25, 0.3) is 10.1 Å². The predicted molar refractivity (Wildman–Crippen MR) is 74.3 cm³/mol. The quantitative estimate of drug-likeness (QED) is 0.496. The van der Waals surface area contributed by atoms with Gasteiger partial charge in [0.1, 0.15) is 0 Å². The molecule has 0 heterocycles. The van der Waals surface area contributed by atoms with Crippen LogP contribution in [0.2, 0.25) is 0 Å². The summed E-state index contributed by atoms with van der Waals surface area (Å²) in [5.41, 5.74) is 10.7. The Morgan fingerprint density at radius 3 is 2.22 bits per heavy atom. The van der Waals surface area contributed by atoms with Crippen LogP contribution in [-0.2, 0) is 24.0 Å². The maximum absolute atomic E-state index is 12.6. The summed E-state index contributed by atoms with van der Waals surface area (Å²) < 4.78 is 41.2. The van der Waals surface area contributed by atoms with Crippen molar-refractivity contribution in [3.8, 4) is 0 Å². The van der Waals surface area contributed by atoms with E-state index in [1.165, 1.54) is 0 Å². The molecule has 1 aliphatic rings. The van der Waals surface area contributed by atoms with Crippen LogP contribution < -0.4 is 11.5 Å². The second-order valence-corrected chi connectivity index (χ2v) is 9.40. The van der Waals surface area contributed by atoms with Gasteiger partial charge in [0.2, 0.25) is 0 Å². The van der Waals surface area contributed by atoms with Crippen molar-refractivity contribution in [3.63, 3.8) is 0 Å². The van der Waals surface area contributed by atoms with Crippen LogP contribution in [0.1, 0.15) is 32.1 Å². The van der Waals surface area contributed by atoms with Gasteiger partial charge in [0.05, 0.1) is 5.75 Å². The second kappa shape index (κ2) is 6.95. The van der Waals surface area contributed by atoms with Gasteiger partial charge < -0.3 is 11.5 Å². The van der Waals surface area contributed by atoms with Gasteiger partial charge in [0, 0.05) is 11.0 Å². The molecule has 0 radical (unpaired) electrons. The summed E-state index contributed by atoms with van der Waals surface area (Å²) in [6.07, 6.45) is 3.41. The molecule has 0 aromatic heterocycles. The smallest absolute Gasteiger partial charge is 0.284 e. The van der Waals surface area contributed by atoms with Gasteiger partial charge in [-0.05, 0) is 45.2 Å². The molecule has 18 heavy (non-hydrogen) atoms. The third-order valence-corrected chi connectivity index (χ3v) is 8.42. The Hall–Kier alpha value is -0.0200. The molecule has 0 atom stereocenters. The minimum Gasteiger partial charge on any atom is -0.330 e. The van der Waals surface area contributed by atoms with Crippen LogP contribution in [0.15, 0.2) is 0 Å². The maximum Gasteiger partial charge on any atom is 0.284 e. The molecule has 110 valence electrons. The molecule has 4 N–H and O–H groups in total. The minimum absolute atomic E-state index is 0.100. The first-order valence-electron chi connectivity index (χ1n) is 6.36. The zero-order valence-corrected chi connectivity index (χ0v) is 12.3. The zero-order valence-electron chi connectivity index (χ0n) is 10.6. The highest BCUT2D eigenvalue weighted by Gasteiger charge is 2.33. The van der Waals surface area contributed by atoms with E-state index in [1.54, 1.807) is 0 Å². The van der Waals surface area contributed by atoms with Crippen LogP contribution in [-0.4, -0.2) is 42.5 Å². The Morgan fingerprint density at radius 1 is 1.17 bits per heavy atom. The van der Waals surface area contributed by atoms with Gasteiger partial charge in [-0.25, -0.2) is 4.21 Å². The highest BCUT2D eigenvalue weighted by Crippen LogP contribution is 2.34. The van der Waals surface area contributed by atoms with Crippen LogP contribution in [0.25, 0.3) is 0 Å². The molecule has 8 heteroatoms. The number of hydrogen-bond acceptors (Lipinski definition) is 6. The van der Waals surface area contributed by atoms with E-state index in [4.69, 9.17) is 15.1 Å². The van der Waals surface area contributed by atoms with Crippen molar-refractivity contribution in [1.29, 1.82) is 0 Å². The van der Waals surface area contributed by atoms with E-state index in [1.807, 2.05) is 0 Å². The molecule has 1 rings (SSSR count). The molecule has 0 aromatic carbocycles. The van der Waals surface area contributed by atoms with Crippen molar-refractivity contribution in [3.05, 3.63) is 0 Å². The van der Waals surface area contributed by atoms with E-state index in [2.05, 4.69) is 0 Å². The molecule has 0 bridgehead atoms. The summed E-state index contributed by atoms with van der Waals surface area (Å²) in [5.74, 6) is 0.0961. The first-order valence-corrected chi connectivity index (χ1v) is 9.82. The topological polar surface area (TPSA) is 112 Å². The average Bonchev–Trinajstić information content (AvgIpc) is 2.20. The Morgan fingerprint density at radius 2 is 1.78 bits per heavy atom. The maximum atomic E-state index is 12.6. The van der Waals surface area contributed by atoms with E-state index < -0.39 is 20.3 Å². The Kier molecular flexibility index (Phi) is 6.19. The van der Waals surface area contributed by atoms with Crippen molar-refractivity contribution < 1.29 is 16.3 Å². The molecular formula is C10H24N2O4S2. The molecule has 1 fully saturated rings. The normalized spacial score (nSPS) is 18.6. The zero-order chi connectivity index (χ0) is 13.6. The van der Waals surface area contributed by atoms with Crippen molar-refractivity contribution >= 4 is 20.3 Å². The van der Waals surface area contributed by atoms with E-state index in [0.29, 0.717) is 19.4 Å². The van der Waals surface area contributed by atoms with Crippen LogP contribution in [0, 0.1) is 0 Å². The lowest BCUT2D eigenvalue weighted by Crippen LogP contribution is -2.41. The van der Waals surface area contributed by atoms with Gasteiger partial charge in [-0.3, -0.25) is 0 Å². The summed E-state index contributed by atoms with van der Waals surface area (Å²) in [4.78, 5) is 0. The monoisotopic (exact) mass is 300 g/mol. The second-order valence-electron chi connectivity index (χ2n) is 4.66. The molecule has 0 saturated heterocycles. The molecule has 1 aliphatic carbocycles. The number of thiol groups is 1. The molecule has 6 nitrogen and oxygen atoms in total. The number of rotatable bonds is 9. The molecular weight excluding hydrogens is 276 g/mol. The third kappa shape index (κ3) is 4.58. The van der Waals surface area contributed by atoms with Gasteiger partial charge in [0.15, 0.2) is 0 Å². The minimum atomic E-state index is -3.74. The predicted octanol–water partition coefficient (Wildman–Crippen LogP) is -0.485. The first-order chi connectivity index (χ1) is 8.43. The van der Waals surface area contributed by atoms with Crippen LogP contribution in [0.4, 0.5) is 0 Å². The van der Waals surface area contributed by atoms with Crippen molar-refractivity contribution in [1.82, 2.24) is 0 Å². The lowest BCUT2D eigenvalue weighted by molar-refractivity contribution is 0.436. The summed E-state index contributed by atoms with van der Waals surface area (Å²) in [6.45, 7) is 0.669. The van der Waals surface area contributed by atoms with Crippen LogP contribution in [0.5, 0.6) is 0 Å². The van der Waals surface area contributed by atoms with E-state index >= 15 is 0 Å². The Bertz CT molecular complexity index is 393. The number of nitrogens with two attached hydrogens (primary N) is 2. The van der Waals surface area contributed by atoms with Crippen LogP contribution in [0.3, 0.4) is 0 Å². The molecule has 0 aliphatic heterocycles. The Labute approximate surface area is 110 Å². The van der Waals surface area contributed by atoms with Crippen molar-refractivity contribution in [2.24, 2.45) is 11.5 Å². The van der Waals surface area contributed by atoms with E-state index in [9.17, 15) is 12.6 Å². The number of hydrogen-bond donors (Lipinski definition) is 3. The molecule has 1 saturated carbocycles. The van der Waals surface area contributed by atoms with Crippen molar-refractivity contribution in [2.45, 2.75) is 37.4 Å². The average molecular weight is 300 g/mol. The lowest BCUT2D eigenvalue weighted by atomic mass is 10.00. The molecule has 0 amide bonds. The van der Waals surface area contributed by atoms with Crippen LogP contribution >= 0.6 is 0 Å². The molecule has 0 unspecified atom stereocenters. The summed E-state index contributed by atoms with van der Waals surface area (Å²) >= 11 is 0. The van der Waals surface area contributed by atoms with Crippen molar-refractivity contribution in [2.75, 3.05) is 24.6 Å². The standard InChI is InChI=1S/C10H24N2O4S2/c11-6-2-8-17(13,10-4-1-5-10)16-18(14,15)9-3-7-12/h10,17H,1-9,11-12H2. The fourth-order valence-corrected chi connectivity index (χ4v) is 7.14. The van der Waals surface area contributed by atoms with Gasteiger partial charge in [-0.15, -0.1) is 0 Å². The highest BCUT2D eigenvalue weighted by molar-refractivity contribution is 8.07. The van der Waals surface area contributed by atoms with Gasteiger partial charge in [-0.2, -0.15) is 22.3 Å². The fraction of sp³-hybridized carbons (Fsp3) is 1.00. The summed E-state index contributed by atoms with van der Waals surface area (Å²) in [5, 5.41) is -0.100. The Balaban J connectivity index is 2.68. The highest BCUT2D eigenvalue weighted by atomic mass is 32.3.